The number of primary amides is 1. The van der Waals surface area contributed by atoms with Crippen molar-refractivity contribution in [3.63, 3.8) is 0 Å². The molecule has 0 bridgehead atoms. The molecule has 2 unspecified atom stereocenters. The van der Waals surface area contributed by atoms with Crippen molar-refractivity contribution in [1.29, 1.82) is 0 Å². The Morgan fingerprint density at radius 3 is 2.18 bits per heavy atom. The number of carboxylic acid groups (broad SMARTS) is 1. The summed E-state index contributed by atoms with van der Waals surface area (Å²) in [6, 6.07) is 6.57. The molecule has 0 saturated carbocycles. The van der Waals surface area contributed by atoms with Gasteiger partial charge in [0.25, 0.3) is 5.91 Å². The van der Waals surface area contributed by atoms with Gasteiger partial charge in [-0.3, -0.25) is 29.0 Å². The van der Waals surface area contributed by atoms with Gasteiger partial charge in [0, 0.05) is 25.6 Å². The Morgan fingerprint density at radius 1 is 1.13 bits per heavy atom. The van der Waals surface area contributed by atoms with Crippen molar-refractivity contribution in [3.8, 4) is 0 Å². The molecule has 0 aromatic heterocycles. The molecule has 0 aliphatic carbocycles. The lowest BCUT2D eigenvalue weighted by atomic mass is 10.0. The highest BCUT2D eigenvalue weighted by Crippen LogP contribution is 2.19. The molecule has 1 aromatic carbocycles. The minimum absolute atomic E-state index is 0.0267. The maximum atomic E-state index is 12.4. The van der Waals surface area contributed by atoms with Crippen molar-refractivity contribution in [2.75, 3.05) is 13.6 Å². The predicted molar refractivity (Wildman–Crippen MR) is 139 cm³/mol. The van der Waals surface area contributed by atoms with Gasteiger partial charge in [-0.1, -0.05) is 44.2 Å². The van der Waals surface area contributed by atoms with Gasteiger partial charge in [-0.05, 0) is 32.1 Å². The van der Waals surface area contributed by atoms with Gasteiger partial charge in [-0.15, -0.1) is 0 Å². The van der Waals surface area contributed by atoms with E-state index in [0.29, 0.717) is 43.6 Å². The van der Waals surface area contributed by atoms with E-state index in [1.54, 1.807) is 47.4 Å². The van der Waals surface area contributed by atoms with Crippen LogP contribution in [-0.2, 0) is 28.8 Å². The molecule has 0 spiro atoms. The minimum Gasteiger partial charge on any atom is -0.481 e. The number of hydrogen-bond acceptors (Lipinski definition) is 8. The smallest absolute Gasteiger partial charge is 0.305 e. The molecule has 210 valence electrons. The number of benzene rings is 1. The Kier molecular flexibility index (Phi) is 16.4. The van der Waals surface area contributed by atoms with E-state index in [1.807, 2.05) is 13.8 Å². The molecule has 12 nitrogen and oxygen atoms in total. The number of hydrazine groups is 1. The van der Waals surface area contributed by atoms with Crippen molar-refractivity contribution in [1.82, 2.24) is 15.3 Å². The van der Waals surface area contributed by atoms with Gasteiger partial charge in [0.05, 0.1) is 12.5 Å². The number of likely N-dealkylation sites (N-methyl/N-ethyl adjacent to an activating group) is 1. The molecule has 12 heteroatoms. The van der Waals surface area contributed by atoms with E-state index in [9.17, 15) is 28.8 Å². The number of carbonyl (C=O) groups excluding carboxylic acids is 6. The fraction of sp³-hybridized carbons (Fsp3) is 0.500. The Balaban J connectivity index is 0.000000806. The number of amides is 3. The number of aliphatic carboxylic acids is 1. The Morgan fingerprint density at radius 2 is 1.71 bits per heavy atom. The summed E-state index contributed by atoms with van der Waals surface area (Å²) in [6.07, 6.45) is 3.15. The highest BCUT2D eigenvalue weighted by atomic mass is 16.4. The first-order valence-corrected chi connectivity index (χ1v) is 12.2. The number of rotatable bonds is 10. The molecule has 2 atom stereocenters. The minimum atomic E-state index is -1.16. The normalized spacial score (nSPS) is 15.5. The van der Waals surface area contributed by atoms with Crippen LogP contribution in [0.4, 0.5) is 0 Å². The zero-order valence-corrected chi connectivity index (χ0v) is 22.3. The van der Waals surface area contributed by atoms with Gasteiger partial charge >= 0.3 is 5.97 Å². The molecule has 0 radical (unpaired) electrons. The molecule has 2 rings (SSSR count). The van der Waals surface area contributed by atoms with Crippen LogP contribution in [0.3, 0.4) is 0 Å². The summed E-state index contributed by atoms with van der Waals surface area (Å²) in [6.45, 7) is 6.10. The van der Waals surface area contributed by atoms with Crippen molar-refractivity contribution >= 4 is 42.0 Å². The highest BCUT2D eigenvalue weighted by Gasteiger charge is 2.34. The van der Waals surface area contributed by atoms with Gasteiger partial charge < -0.3 is 25.7 Å². The molecular weight excluding hydrogens is 496 g/mol. The van der Waals surface area contributed by atoms with Crippen LogP contribution >= 0.6 is 0 Å². The van der Waals surface area contributed by atoms with Gasteiger partial charge in [-0.2, -0.15) is 0 Å². The van der Waals surface area contributed by atoms with Crippen LogP contribution in [0.25, 0.3) is 0 Å². The topological polar surface area (TPSA) is 184 Å². The molecule has 3 amide bonds. The van der Waals surface area contributed by atoms with Crippen molar-refractivity contribution in [2.45, 2.75) is 65.0 Å². The number of ketones is 1. The van der Waals surface area contributed by atoms with Crippen LogP contribution in [0.1, 0.15) is 63.2 Å². The fourth-order valence-corrected chi connectivity index (χ4v) is 3.42. The maximum Gasteiger partial charge on any atom is 0.305 e. The Hall–Kier alpha value is -3.93. The average Bonchev–Trinajstić information content (AvgIpc) is 2.87. The summed E-state index contributed by atoms with van der Waals surface area (Å²) < 4.78 is 0. The van der Waals surface area contributed by atoms with Gasteiger partial charge in [0.15, 0.2) is 0 Å². The molecule has 1 heterocycles. The zero-order chi connectivity index (χ0) is 29.3. The number of carbonyl (C=O) groups is 7. The van der Waals surface area contributed by atoms with Crippen LogP contribution in [0.5, 0.6) is 0 Å². The first-order valence-electron chi connectivity index (χ1n) is 12.2. The second kappa shape index (κ2) is 18.3. The average molecular weight is 535 g/mol. The molecule has 1 saturated heterocycles. The molecule has 38 heavy (non-hydrogen) atoms. The number of carboxylic acids is 1. The van der Waals surface area contributed by atoms with Crippen LogP contribution in [0, 0.1) is 5.92 Å². The van der Waals surface area contributed by atoms with E-state index >= 15 is 0 Å². The summed E-state index contributed by atoms with van der Waals surface area (Å²) in [5, 5.41) is 14.3. The van der Waals surface area contributed by atoms with Gasteiger partial charge in [-0.25, -0.2) is 5.01 Å². The molecule has 1 fully saturated rings. The fourth-order valence-electron chi connectivity index (χ4n) is 3.42. The third-order valence-corrected chi connectivity index (χ3v) is 5.35. The molecule has 1 aliphatic heterocycles. The summed E-state index contributed by atoms with van der Waals surface area (Å²) in [7, 11) is 1.67. The van der Waals surface area contributed by atoms with Crippen molar-refractivity contribution < 1.29 is 38.7 Å². The number of aldehydes is 2. The first-order chi connectivity index (χ1) is 17.9. The monoisotopic (exact) mass is 534 g/mol. The highest BCUT2D eigenvalue weighted by molar-refractivity contribution is 6.42. The summed E-state index contributed by atoms with van der Waals surface area (Å²) in [5.74, 6) is -2.76. The van der Waals surface area contributed by atoms with E-state index in [-0.39, 0.29) is 5.91 Å². The second-order valence-corrected chi connectivity index (χ2v) is 8.83. The van der Waals surface area contributed by atoms with Crippen LogP contribution in [-0.4, -0.2) is 82.8 Å². The summed E-state index contributed by atoms with van der Waals surface area (Å²) in [5.41, 5.74) is 5.11. The number of hydrogen-bond donors (Lipinski definition) is 3. The molecular formula is C26H38N4O8. The Bertz CT molecular complexity index is 952. The SMILES string of the molecule is CC(C)CCC(=O)N1CCCC(C(=O)NC(C=O)CC(=O)O)N1C.CC=O.NC(=O)C(=O)c1ccccc1. The second-order valence-electron chi connectivity index (χ2n) is 8.83. The van der Waals surface area contributed by atoms with Gasteiger partial charge in [0.1, 0.15) is 18.6 Å². The van der Waals surface area contributed by atoms with Gasteiger partial charge in [0.2, 0.25) is 17.6 Å². The van der Waals surface area contributed by atoms with Crippen molar-refractivity contribution in [3.05, 3.63) is 35.9 Å². The lowest BCUT2D eigenvalue weighted by Crippen LogP contribution is -2.59. The Labute approximate surface area is 222 Å². The van der Waals surface area contributed by atoms with Crippen LogP contribution < -0.4 is 11.1 Å². The van der Waals surface area contributed by atoms with Crippen LogP contribution in [0.2, 0.25) is 0 Å². The van der Waals surface area contributed by atoms with E-state index in [2.05, 4.69) is 5.32 Å². The number of nitrogens with two attached hydrogens (primary N) is 1. The van der Waals surface area contributed by atoms with E-state index in [4.69, 9.17) is 15.6 Å². The third-order valence-electron chi connectivity index (χ3n) is 5.35. The quantitative estimate of drug-likeness (QED) is 0.224. The summed E-state index contributed by atoms with van der Waals surface area (Å²) in [4.78, 5) is 76.3. The largest absolute Gasteiger partial charge is 0.481 e. The van der Waals surface area contributed by atoms with Crippen molar-refractivity contribution in [2.24, 2.45) is 11.7 Å². The third kappa shape index (κ3) is 12.9. The number of Topliss-reactive ketones (excluding diaryl/α,β-unsaturated/α-hetero) is 1. The number of nitrogens with zero attached hydrogens (tertiary/aromatic N) is 2. The zero-order valence-electron chi connectivity index (χ0n) is 22.3. The predicted octanol–water partition coefficient (Wildman–Crippen LogP) is 0.979. The van der Waals surface area contributed by atoms with E-state index in [1.165, 1.54) is 6.92 Å². The standard InChI is InChI=1S/C16H27N3O5.C8H7NO2.C2H4O/c1-11(2)6-7-14(21)19-8-4-5-13(18(19)3)16(24)17-12(10-20)9-15(22)23;9-8(11)7(10)6-4-2-1-3-5-6;1-2-3/h10-13H,4-9H2,1-3H3,(H,17,24)(H,22,23);1-5H,(H2,9,11);2H,1H3. The van der Waals surface area contributed by atoms with E-state index < -0.39 is 42.1 Å². The summed E-state index contributed by atoms with van der Waals surface area (Å²) >= 11 is 0. The number of nitrogens with one attached hydrogen (secondary N) is 1. The maximum absolute atomic E-state index is 12.4. The lowest BCUT2D eigenvalue weighted by molar-refractivity contribution is -0.161. The molecule has 1 aliphatic rings. The first kappa shape index (κ1) is 34.1. The van der Waals surface area contributed by atoms with E-state index in [0.717, 1.165) is 12.7 Å². The molecule has 1 aromatic rings. The molecule has 4 N–H and O–H groups in total. The lowest BCUT2D eigenvalue weighted by Gasteiger charge is -2.41. The van der Waals surface area contributed by atoms with Crippen LogP contribution in [0.15, 0.2) is 30.3 Å².